The van der Waals surface area contributed by atoms with Gasteiger partial charge >= 0.3 is 0 Å². The van der Waals surface area contributed by atoms with Crippen molar-refractivity contribution in [3.05, 3.63) is 36.2 Å². The topological polar surface area (TPSA) is 29.3 Å². The summed E-state index contributed by atoms with van der Waals surface area (Å²) >= 11 is 0. The van der Waals surface area contributed by atoms with E-state index in [1.54, 1.807) is 0 Å². The summed E-state index contributed by atoms with van der Waals surface area (Å²) in [5, 5.41) is 7.89. The molecule has 2 aromatic rings. The fourth-order valence-electron chi connectivity index (χ4n) is 1.80. The van der Waals surface area contributed by atoms with Crippen LogP contribution in [0, 0.1) is 0 Å². The number of rotatable bonds is 3. The molecule has 3 nitrogen and oxygen atoms in total. The van der Waals surface area contributed by atoms with Gasteiger partial charge in [0.25, 0.3) is 0 Å². The molecule has 1 aliphatic rings. The molecule has 0 aliphatic heterocycles. The molecule has 0 amide bonds. The predicted octanol–water partition coefficient (Wildman–Crippen LogP) is 1.98. The molecule has 0 unspecified atom stereocenters. The molecule has 0 bridgehead atoms. The molecule has 3 heteroatoms. The lowest BCUT2D eigenvalue weighted by Crippen LogP contribution is -2.26. The lowest BCUT2D eigenvalue weighted by Gasteiger charge is -2.09. The molecular formula is C12H15N3. The van der Waals surface area contributed by atoms with Crippen LogP contribution in [0.25, 0.3) is 5.52 Å². The van der Waals surface area contributed by atoms with Gasteiger partial charge in [-0.05, 0) is 31.9 Å². The zero-order valence-electron chi connectivity index (χ0n) is 8.90. The maximum atomic E-state index is 4.32. The standard InChI is InChI=1S/C12H15N3/c1-12(5-6-12)13-8-10-9-14-15-7-3-2-4-11(10)15/h2-4,7,9,13H,5-6,8H2,1H3. The van der Waals surface area contributed by atoms with Gasteiger partial charge in [0.15, 0.2) is 0 Å². The van der Waals surface area contributed by atoms with Crippen LogP contribution in [0.2, 0.25) is 0 Å². The van der Waals surface area contributed by atoms with Crippen molar-refractivity contribution in [2.45, 2.75) is 31.8 Å². The van der Waals surface area contributed by atoms with Crippen LogP contribution in [-0.2, 0) is 6.54 Å². The maximum absolute atomic E-state index is 4.32. The molecule has 0 aromatic carbocycles. The average Bonchev–Trinajstić information content (AvgIpc) is 2.86. The van der Waals surface area contributed by atoms with E-state index in [0.29, 0.717) is 5.54 Å². The van der Waals surface area contributed by atoms with Crippen LogP contribution in [0.5, 0.6) is 0 Å². The summed E-state index contributed by atoms with van der Waals surface area (Å²) in [6.07, 6.45) is 6.53. The SMILES string of the molecule is CC1(NCc2cnn3ccccc23)CC1. The highest BCUT2D eigenvalue weighted by molar-refractivity contribution is 5.53. The fraction of sp³-hybridized carbons (Fsp3) is 0.417. The van der Waals surface area contributed by atoms with Crippen LogP contribution >= 0.6 is 0 Å². The number of hydrogen-bond acceptors (Lipinski definition) is 2. The summed E-state index contributed by atoms with van der Waals surface area (Å²) in [6.45, 7) is 3.20. The maximum Gasteiger partial charge on any atom is 0.0706 e. The van der Waals surface area contributed by atoms with Crippen molar-refractivity contribution in [2.75, 3.05) is 0 Å². The van der Waals surface area contributed by atoms with Gasteiger partial charge in [-0.3, -0.25) is 0 Å². The van der Waals surface area contributed by atoms with Gasteiger partial charge in [-0.1, -0.05) is 6.07 Å². The summed E-state index contributed by atoms with van der Waals surface area (Å²) in [5.41, 5.74) is 2.88. The Kier molecular flexibility index (Phi) is 1.83. The molecule has 2 heterocycles. The van der Waals surface area contributed by atoms with E-state index < -0.39 is 0 Å². The summed E-state index contributed by atoms with van der Waals surface area (Å²) in [7, 11) is 0. The fourth-order valence-corrected chi connectivity index (χ4v) is 1.80. The van der Waals surface area contributed by atoms with Crippen molar-refractivity contribution in [1.29, 1.82) is 0 Å². The zero-order valence-corrected chi connectivity index (χ0v) is 8.90. The Morgan fingerprint density at radius 2 is 2.33 bits per heavy atom. The molecule has 0 saturated heterocycles. The van der Waals surface area contributed by atoms with Crippen LogP contribution < -0.4 is 5.32 Å². The van der Waals surface area contributed by atoms with E-state index in [9.17, 15) is 0 Å². The molecule has 1 saturated carbocycles. The van der Waals surface area contributed by atoms with E-state index in [4.69, 9.17) is 0 Å². The highest BCUT2D eigenvalue weighted by Crippen LogP contribution is 2.34. The van der Waals surface area contributed by atoms with Gasteiger partial charge in [0.05, 0.1) is 11.7 Å². The van der Waals surface area contributed by atoms with E-state index in [2.05, 4.69) is 29.5 Å². The summed E-state index contributed by atoms with van der Waals surface area (Å²) in [5.74, 6) is 0. The van der Waals surface area contributed by atoms with Crippen molar-refractivity contribution in [3.8, 4) is 0 Å². The largest absolute Gasteiger partial charge is 0.307 e. The molecule has 1 fully saturated rings. The summed E-state index contributed by atoms with van der Waals surface area (Å²) in [6, 6.07) is 6.16. The lowest BCUT2D eigenvalue weighted by molar-refractivity contribution is 0.539. The van der Waals surface area contributed by atoms with Gasteiger partial charge in [0.2, 0.25) is 0 Å². The second-order valence-corrected chi connectivity index (χ2v) is 4.61. The minimum absolute atomic E-state index is 0.392. The van der Waals surface area contributed by atoms with E-state index in [1.807, 2.05) is 23.0 Å². The van der Waals surface area contributed by atoms with Gasteiger partial charge in [-0.15, -0.1) is 0 Å². The van der Waals surface area contributed by atoms with Crippen LogP contribution in [0.3, 0.4) is 0 Å². The second-order valence-electron chi connectivity index (χ2n) is 4.61. The normalized spacial score (nSPS) is 18.2. The number of fused-ring (bicyclic) bond motifs is 1. The molecule has 0 radical (unpaired) electrons. The minimum atomic E-state index is 0.392. The monoisotopic (exact) mass is 201 g/mol. The Balaban J connectivity index is 1.84. The number of hydrogen-bond donors (Lipinski definition) is 1. The molecule has 15 heavy (non-hydrogen) atoms. The van der Waals surface area contributed by atoms with Crippen molar-refractivity contribution in [3.63, 3.8) is 0 Å². The molecule has 0 spiro atoms. The van der Waals surface area contributed by atoms with Crippen molar-refractivity contribution in [1.82, 2.24) is 14.9 Å². The highest BCUT2D eigenvalue weighted by Gasteiger charge is 2.36. The van der Waals surface area contributed by atoms with Gasteiger partial charge in [0, 0.05) is 23.8 Å². The minimum Gasteiger partial charge on any atom is -0.307 e. The first-order chi connectivity index (χ1) is 7.27. The van der Waals surface area contributed by atoms with Crippen LogP contribution in [0.15, 0.2) is 30.6 Å². The van der Waals surface area contributed by atoms with Crippen LogP contribution in [0.4, 0.5) is 0 Å². The highest BCUT2D eigenvalue weighted by atomic mass is 15.2. The number of nitrogens with one attached hydrogen (secondary N) is 1. The third-order valence-electron chi connectivity index (χ3n) is 3.21. The third-order valence-corrected chi connectivity index (χ3v) is 3.21. The first-order valence-electron chi connectivity index (χ1n) is 5.43. The molecule has 0 atom stereocenters. The van der Waals surface area contributed by atoms with E-state index >= 15 is 0 Å². The Bertz CT molecular complexity index is 482. The molecule has 78 valence electrons. The smallest absolute Gasteiger partial charge is 0.0706 e. The van der Waals surface area contributed by atoms with E-state index in [-0.39, 0.29) is 0 Å². The Morgan fingerprint density at radius 1 is 1.47 bits per heavy atom. The first kappa shape index (κ1) is 8.92. The van der Waals surface area contributed by atoms with Gasteiger partial charge in [0.1, 0.15) is 0 Å². The number of nitrogens with zero attached hydrogens (tertiary/aromatic N) is 2. The van der Waals surface area contributed by atoms with Crippen molar-refractivity contribution >= 4 is 5.52 Å². The lowest BCUT2D eigenvalue weighted by atomic mass is 10.2. The third kappa shape index (κ3) is 1.63. The Labute approximate surface area is 89.1 Å². The first-order valence-corrected chi connectivity index (χ1v) is 5.43. The van der Waals surface area contributed by atoms with E-state index in [1.165, 1.54) is 23.9 Å². The Hall–Kier alpha value is -1.35. The van der Waals surface area contributed by atoms with Crippen molar-refractivity contribution < 1.29 is 0 Å². The summed E-state index contributed by atoms with van der Waals surface area (Å²) in [4.78, 5) is 0. The van der Waals surface area contributed by atoms with E-state index in [0.717, 1.165) is 6.54 Å². The predicted molar refractivity (Wildman–Crippen MR) is 59.7 cm³/mol. The van der Waals surface area contributed by atoms with Crippen LogP contribution in [-0.4, -0.2) is 15.2 Å². The zero-order chi connectivity index (χ0) is 10.3. The molecule has 3 rings (SSSR count). The average molecular weight is 201 g/mol. The molecule has 2 aromatic heterocycles. The second kappa shape index (κ2) is 3.07. The quantitative estimate of drug-likeness (QED) is 0.822. The summed E-state index contributed by atoms with van der Waals surface area (Å²) < 4.78 is 1.92. The number of pyridine rings is 1. The molecular weight excluding hydrogens is 186 g/mol. The molecule has 1 N–H and O–H groups in total. The molecule has 1 aliphatic carbocycles. The van der Waals surface area contributed by atoms with Crippen LogP contribution in [0.1, 0.15) is 25.3 Å². The van der Waals surface area contributed by atoms with Gasteiger partial charge < -0.3 is 5.32 Å². The Morgan fingerprint density at radius 3 is 3.13 bits per heavy atom. The van der Waals surface area contributed by atoms with Gasteiger partial charge in [-0.25, -0.2) is 4.52 Å². The van der Waals surface area contributed by atoms with Gasteiger partial charge in [-0.2, -0.15) is 5.10 Å². The van der Waals surface area contributed by atoms with Crippen molar-refractivity contribution in [2.24, 2.45) is 0 Å². The number of aromatic nitrogens is 2.